The van der Waals surface area contributed by atoms with Gasteiger partial charge in [-0.15, -0.1) is 0 Å². The molecule has 2 heterocycles. The number of nitrogens with zero attached hydrogens (tertiary/aromatic N) is 3. The Morgan fingerprint density at radius 1 is 1.31 bits per heavy atom. The standard InChI is InChI=1S/C21H24F2IN3O5/c1-5-31-19(29)17(27-10-13-14(23)7-12(24)8-15(13)25-27)18(28)16-6-11(22)9-26(16)20(30)32-21(2,3)4/h7-8,10-11,16-17H,5-6,9H2,1-4H3/t11-,16+,17?/m1/s1. The molecule has 0 saturated carbocycles. The van der Waals surface area contributed by atoms with Crippen LogP contribution < -0.4 is 0 Å². The first-order chi connectivity index (χ1) is 14.9. The lowest BCUT2D eigenvalue weighted by atomic mass is 10.0. The van der Waals surface area contributed by atoms with Crippen LogP contribution in [0.3, 0.4) is 0 Å². The highest BCUT2D eigenvalue weighted by Gasteiger charge is 2.46. The van der Waals surface area contributed by atoms with Crippen LogP contribution in [-0.4, -0.2) is 63.5 Å². The van der Waals surface area contributed by atoms with Crippen LogP contribution in [0.2, 0.25) is 0 Å². The zero-order valence-corrected chi connectivity index (χ0v) is 20.3. The minimum atomic E-state index is -1.61. The van der Waals surface area contributed by atoms with E-state index < -0.39 is 47.5 Å². The van der Waals surface area contributed by atoms with Crippen molar-refractivity contribution in [2.45, 2.75) is 58.0 Å². The number of rotatable bonds is 5. The molecule has 11 heteroatoms. The predicted molar refractivity (Wildman–Crippen MR) is 119 cm³/mol. The summed E-state index contributed by atoms with van der Waals surface area (Å²) in [7, 11) is 0. The van der Waals surface area contributed by atoms with E-state index in [1.165, 1.54) is 12.3 Å². The Kier molecular flexibility index (Phi) is 7.06. The first-order valence-corrected chi connectivity index (χ1v) is 11.2. The number of halogens is 3. The maximum Gasteiger partial charge on any atom is 0.411 e. The maximum absolute atomic E-state index is 14.4. The van der Waals surface area contributed by atoms with Gasteiger partial charge in [0.15, 0.2) is 5.78 Å². The molecule has 0 aliphatic carbocycles. The normalized spacial score (nSPS) is 19.8. The van der Waals surface area contributed by atoms with Gasteiger partial charge in [-0.3, -0.25) is 9.69 Å². The molecule has 174 valence electrons. The summed E-state index contributed by atoms with van der Waals surface area (Å²) in [5, 5.41) is 4.32. The van der Waals surface area contributed by atoms with Crippen LogP contribution in [0.1, 0.15) is 40.2 Å². The third-order valence-electron chi connectivity index (χ3n) is 4.81. The van der Waals surface area contributed by atoms with Gasteiger partial charge in [-0.25, -0.2) is 23.1 Å². The SMILES string of the molecule is CCOC(=O)C(C(=O)[C@@H]1C[C@@H](F)CN1C(=O)OC(C)(C)C)n1cc2c(F)cc(I)cc2n1. The van der Waals surface area contributed by atoms with Gasteiger partial charge in [0, 0.05) is 16.2 Å². The van der Waals surface area contributed by atoms with Crippen molar-refractivity contribution in [3.63, 3.8) is 0 Å². The molecule has 1 amide bonds. The predicted octanol–water partition coefficient (Wildman–Crippen LogP) is 3.80. The largest absolute Gasteiger partial charge is 0.464 e. The number of hydrogen-bond acceptors (Lipinski definition) is 6. The molecule has 1 unspecified atom stereocenters. The first-order valence-electron chi connectivity index (χ1n) is 10.1. The molecule has 3 atom stereocenters. The number of hydrogen-bond donors (Lipinski definition) is 0. The lowest BCUT2D eigenvalue weighted by Crippen LogP contribution is -2.47. The minimum Gasteiger partial charge on any atom is -0.464 e. The Labute approximate surface area is 197 Å². The third-order valence-corrected chi connectivity index (χ3v) is 5.43. The molecule has 1 aromatic heterocycles. The summed E-state index contributed by atoms with van der Waals surface area (Å²) in [6.07, 6.45) is -1.37. The maximum atomic E-state index is 14.4. The lowest BCUT2D eigenvalue weighted by Gasteiger charge is -2.29. The van der Waals surface area contributed by atoms with Crippen molar-refractivity contribution in [1.82, 2.24) is 14.7 Å². The van der Waals surface area contributed by atoms with Crippen molar-refractivity contribution in [2.24, 2.45) is 0 Å². The van der Waals surface area contributed by atoms with E-state index in [1.54, 1.807) is 33.8 Å². The van der Waals surface area contributed by atoms with Crippen LogP contribution in [-0.2, 0) is 19.1 Å². The van der Waals surface area contributed by atoms with E-state index in [1.807, 2.05) is 22.6 Å². The summed E-state index contributed by atoms with van der Waals surface area (Å²) in [5.74, 6) is -2.27. The van der Waals surface area contributed by atoms with Gasteiger partial charge in [-0.2, -0.15) is 5.10 Å². The number of Topliss-reactive ketones (excluding diaryl/α,β-unsaturated/α-hetero) is 1. The fourth-order valence-corrected chi connectivity index (χ4v) is 4.10. The van der Waals surface area contributed by atoms with Crippen LogP contribution in [0.15, 0.2) is 18.3 Å². The zero-order valence-electron chi connectivity index (χ0n) is 18.1. The van der Waals surface area contributed by atoms with Crippen molar-refractivity contribution in [2.75, 3.05) is 13.2 Å². The van der Waals surface area contributed by atoms with Gasteiger partial charge in [0.05, 0.1) is 30.1 Å². The average molecular weight is 563 g/mol. The van der Waals surface area contributed by atoms with Crippen LogP contribution >= 0.6 is 22.6 Å². The molecule has 1 saturated heterocycles. The number of aromatic nitrogens is 2. The second kappa shape index (κ2) is 9.28. The van der Waals surface area contributed by atoms with E-state index in [9.17, 15) is 23.2 Å². The highest BCUT2D eigenvalue weighted by Crippen LogP contribution is 2.29. The number of alkyl halides is 1. The molecular formula is C21H24F2IN3O5. The summed E-state index contributed by atoms with van der Waals surface area (Å²) < 4.78 is 40.6. The van der Waals surface area contributed by atoms with Crippen LogP contribution in [0.4, 0.5) is 13.6 Å². The van der Waals surface area contributed by atoms with E-state index in [4.69, 9.17) is 9.47 Å². The zero-order chi connectivity index (χ0) is 23.8. The lowest BCUT2D eigenvalue weighted by molar-refractivity contribution is -0.152. The van der Waals surface area contributed by atoms with Crippen molar-refractivity contribution < 1.29 is 32.6 Å². The summed E-state index contributed by atoms with van der Waals surface area (Å²) in [4.78, 5) is 39.8. The molecule has 0 bridgehead atoms. The molecule has 1 aromatic carbocycles. The second-order valence-corrected chi connectivity index (χ2v) is 9.71. The summed E-state index contributed by atoms with van der Waals surface area (Å²) >= 11 is 1.93. The van der Waals surface area contributed by atoms with E-state index in [0.717, 1.165) is 9.58 Å². The molecule has 8 nitrogen and oxygen atoms in total. The minimum absolute atomic E-state index is 0.0121. The van der Waals surface area contributed by atoms with Crippen molar-refractivity contribution >= 4 is 51.3 Å². The number of amides is 1. The molecular weight excluding hydrogens is 539 g/mol. The molecule has 0 spiro atoms. The van der Waals surface area contributed by atoms with Crippen molar-refractivity contribution in [3.8, 4) is 0 Å². The molecule has 1 aliphatic rings. The number of benzene rings is 1. The van der Waals surface area contributed by atoms with Gasteiger partial charge >= 0.3 is 12.1 Å². The fourth-order valence-electron chi connectivity index (χ4n) is 3.53. The monoisotopic (exact) mass is 563 g/mol. The topological polar surface area (TPSA) is 90.7 Å². The number of ether oxygens (including phenoxy) is 2. The molecule has 3 rings (SSSR count). The molecule has 1 fully saturated rings. The molecule has 1 aliphatic heterocycles. The fraction of sp³-hybridized carbons (Fsp3) is 0.524. The molecule has 0 radical (unpaired) electrons. The number of carbonyl (C=O) groups is 3. The Bertz CT molecular complexity index is 1050. The summed E-state index contributed by atoms with van der Waals surface area (Å²) in [6, 6.07) is 0.0269. The van der Waals surface area contributed by atoms with E-state index in [2.05, 4.69) is 5.10 Å². The number of fused-ring (bicyclic) bond motifs is 1. The van der Waals surface area contributed by atoms with Crippen LogP contribution in [0.25, 0.3) is 10.9 Å². The number of carbonyl (C=O) groups excluding carboxylic acids is 3. The summed E-state index contributed by atoms with van der Waals surface area (Å²) in [6.45, 7) is 6.17. The van der Waals surface area contributed by atoms with E-state index in [0.29, 0.717) is 3.57 Å². The molecule has 2 aromatic rings. The van der Waals surface area contributed by atoms with Gasteiger partial charge in [-0.05, 0) is 62.4 Å². The van der Waals surface area contributed by atoms with E-state index >= 15 is 0 Å². The van der Waals surface area contributed by atoms with Crippen molar-refractivity contribution in [3.05, 3.63) is 27.7 Å². The average Bonchev–Trinajstić information content (AvgIpc) is 3.24. The van der Waals surface area contributed by atoms with Gasteiger partial charge < -0.3 is 9.47 Å². The van der Waals surface area contributed by atoms with Gasteiger partial charge in [0.1, 0.15) is 17.6 Å². The first kappa shape index (κ1) is 24.3. The molecule has 32 heavy (non-hydrogen) atoms. The van der Waals surface area contributed by atoms with E-state index in [-0.39, 0.29) is 30.5 Å². The summed E-state index contributed by atoms with van der Waals surface area (Å²) in [5.41, 5.74) is -0.608. The van der Waals surface area contributed by atoms with Gasteiger partial charge in [0.25, 0.3) is 0 Å². The Morgan fingerprint density at radius 2 is 2.00 bits per heavy atom. The van der Waals surface area contributed by atoms with Gasteiger partial charge in [-0.1, -0.05) is 0 Å². The van der Waals surface area contributed by atoms with Crippen LogP contribution in [0.5, 0.6) is 0 Å². The number of likely N-dealkylation sites (tertiary alicyclic amines) is 1. The number of ketones is 1. The smallest absolute Gasteiger partial charge is 0.411 e. The van der Waals surface area contributed by atoms with Crippen LogP contribution in [0, 0.1) is 9.39 Å². The highest BCUT2D eigenvalue weighted by molar-refractivity contribution is 14.1. The third kappa shape index (κ3) is 5.18. The number of esters is 1. The second-order valence-electron chi connectivity index (χ2n) is 8.47. The van der Waals surface area contributed by atoms with Crippen molar-refractivity contribution in [1.29, 1.82) is 0 Å². The van der Waals surface area contributed by atoms with Gasteiger partial charge in [0.2, 0.25) is 6.04 Å². The quantitative estimate of drug-likeness (QED) is 0.313. The Morgan fingerprint density at radius 3 is 2.62 bits per heavy atom. The Balaban J connectivity index is 2.00. The molecule has 0 N–H and O–H groups in total. The highest BCUT2D eigenvalue weighted by atomic mass is 127. The Hall–Kier alpha value is -2.31.